The summed E-state index contributed by atoms with van der Waals surface area (Å²) in [5.41, 5.74) is 7.49. The lowest BCUT2D eigenvalue weighted by molar-refractivity contribution is 0.0695. The lowest BCUT2D eigenvalue weighted by Gasteiger charge is -2.06. The lowest BCUT2D eigenvalue weighted by Crippen LogP contribution is -2.14. The minimum atomic E-state index is -0.953. The van der Waals surface area contributed by atoms with Gasteiger partial charge in [-0.2, -0.15) is 0 Å². The molecule has 0 spiro atoms. The van der Waals surface area contributed by atoms with E-state index < -0.39 is 5.97 Å². The fourth-order valence-electron chi connectivity index (χ4n) is 1.71. The molecule has 4 heteroatoms. The number of carbonyl (C=O) groups is 1. The molecule has 1 heterocycles. The van der Waals surface area contributed by atoms with E-state index in [-0.39, 0.29) is 11.6 Å². The number of fused-ring (bicyclic) bond motifs is 1. The maximum Gasteiger partial charge on any atom is 0.336 e. The Morgan fingerprint density at radius 2 is 2.36 bits per heavy atom. The van der Waals surface area contributed by atoms with Crippen LogP contribution in [0.2, 0.25) is 0 Å². The molecule has 1 aromatic rings. The van der Waals surface area contributed by atoms with E-state index in [0.717, 1.165) is 5.56 Å². The number of aryl methyl sites for hydroxylation is 1. The number of benzene rings is 1. The third-order valence-electron chi connectivity index (χ3n) is 2.31. The van der Waals surface area contributed by atoms with Gasteiger partial charge in [-0.05, 0) is 24.6 Å². The molecule has 1 aromatic carbocycles. The normalized spacial score (nSPS) is 18.9. The van der Waals surface area contributed by atoms with Crippen molar-refractivity contribution in [3.63, 3.8) is 0 Å². The first kappa shape index (κ1) is 9.02. The summed E-state index contributed by atoms with van der Waals surface area (Å²) in [6.45, 7) is 2.19. The van der Waals surface area contributed by atoms with Gasteiger partial charge in [-0.15, -0.1) is 0 Å². The minimum Gasteiger partial charge on any atom is -0.491 e. The molecule has 0 saturated heterocycles. The minimum absolute atomic E-state index is 0.255. The van der Waals surface area contributed by atoms with Gasteiger partial charge in [0, 0.05) is 5.56 Å². The van der Waals surface area contributed by atoms with Gasteiger partial charge < -0.3 is 15.6 Å². The van der Waals surface area contributed by atoms with Crippen LogP contribution in [0, 0.1) is 6.92 Å². The Hall–Kier alpha value is -1.55. The Labute approximate surface area is 81.3 Å². The zero-order chi connectivity index (χ0) is 10.3. The Morgan fingerprint density at radius 3 is 3.00 bits per heavy atom. The third kappa shape index (κ3) is 1.24. The maximum absolute atomic E-state index is 10.9. The molecule has 4 nitrogen and oxygen atoms in total. The second-order valence-electron chi connectivity index (χ2n) is 3.45. The van der Waals surface area contributed by atoms with Crippen LogP contribution in [0.4, 0.5) is 0 Å². The van der Waals surface area contributed by atoms with E-state index in [1.54, 1.807) is 6.07 Å². The van der Waals surface area contributed by atoms with Crippen molar-refractivity contribution in [1.82, 2.24) is 0 Å². The van der Waals surface area contributed by atoms with E-state index in [9.17, 15) is 4.79 Å². The van der Waals surface area contributed by atoms with Gasteiger partial charge in [0.1, 0.15) is 12.4 Å². The van der Waals surface area contributed by atoms with Crippen molar-refractivity contribution >= 4 is 5.97 Å². The first-order valence-electron chi connectivity index (χ1n) is 4.36. The molecule has 2 rings (SSSR count). The molecule has 0 saturated carbocycles. The predicted octanol–water partition coefficient (Wildman–Crippen LogP) is 1.09. The van der Waals surface area contributed by atoms with E-state index in [1.165, 1.54) is 0 Å². The van der Waals surface area contributed by atoms with Gasteiger partial charge in [-0.3, -0.25) is 0 Å². The van der Waals surface area contributed by atoms with Crippen molar-refractivity contribution in [1.29, 1.82) is 0 Å². The van der Waals surface area contributed by atoms with E-state index in [4.69, 9.17) is 15.6 Å². The summed E-state index contributed by atoms with van der Waals surface area (Å²) in [7, 11) is 0. The first-order valence-corrected chi connectivity index (χ1v) is 4.36. The molecule has 0 amide bonds. The second kappa shape index (κ2) is 2.99. The summed E-state index contributed by atoms with van der Waals surface area (Å²) in [5, 5.41) is 8.98. The van der Waals surface area contributed by atoms with Crippen LogP contribution in [-0.4, -0.2) is 17.7 Å². The first-order chi connectivity index (χ1) is 6.59. The molecule has 1 aliphatic heterocycles. The van der Waals surface area contributed by atoms with E-state index in [1.807, 2.05) is 13.0 Å². The number of aromatic carboxylic acids is 1. The number of hydrogen-bond donors (Lipinski definition) is 2. The lowest BCUT2D eigenvalue weighted by atomic mass is 10.00. The van der Waals surface area contributed by atoms with Gasteiger partial charge in [0.2, 0.25) is 0 Å². The van der Waals surface area contributed by atoms with Crippen LogP contribution >= 0.6 is 0 Å². The summed E-state index contributed by atoms with van der Waals surface area (Å²) < 4.78 is 5.29. The summed E-state index contributed by atoms with van der Waals surface area (Å²) >= 11 is 0. The van der Waals surface area contributed by atoms with Crippen molar-refractivity contribution in [2.24, 2.45) is 5.73 Å². The SMILES string of the molecule is Cc1cc2c(c(C(=O)O)c1)[C@@H](N)CO2. The average Bonchev–Trinajstić information content (AvgIpc) is 2.46. The van der Waals surface area contributed by atoms with Crippen molar-refractivity contribution in [3.05, 3.63) is 28.8 Å². The maximum atomic E-state index is 10.9. The van der Waals surface area contributed by atoms with Crippen LogP contribution in [-0.2, 0) is 0 Å². The highest BCUT2D eigenvalue weighted by molar-refractivity contribution is 5.91. The number of rotatable bonds is 1. The molecular weight excluding hydrogens is 182 g/mol. The summed E-state index contributed by atoms with van der Waals surface area (Å²) in [4.78, 5) is 10.9. The number of ether oxygens (including phenoxy) is 1. The molecule has 3 N–H and O–H groups in total. The smallest absolute Gasteiger partial charge is 0.336 e. The van der Waals surface area contributed by atoms with Gasteiger partial charge in [0.15, 0.2) is 0 Å². The van der Waals surface area contributed by atoms with Crippen molar-refractivity contribution in [2.75, 3.05) is 6.61 Å². The zero-order valence-electron chi connectivity index (χ0n) is 7.78. The third-order valence-corrected chi connectivity index (χ3v) is 2.31. The molecular formula is C10H11NO3. The van der Waals surface area contributed by atoms with Crippen molar-refractivity contribution < 1.29 is 14.6 Å². The monoisotopic (exact) mass is 193 g/mol. The highest BCUT2D eigenvalue weighted by Crippen LogP contribution is 2.34. The Bertz CT molecular complexity index is 401. The van der Waals surface area contributed by atoms with E-state index in [2.05, 4.69) is 0 Å². The van der Waals surface area contributed by atoms with Gasteiger partial charge >= 0.3 is 5.97 Å². The quantitative estimate of drug-likeness (QED) is 0.700. The zero-order valence-corrected chi connectivity index (χ0v) is 7.78. The highest BCUT2D eigenvalue weighted by atomic mass is 16.5. The molecule has 74 valence electrons. The molecule has 14 heavy (non-hydrogen) atoms. The standard InChI is InChI=1S/C10H11NO3/c1-5-2-6(10(12)13)9-7(11)4-14-8(9)3-5/h2-3,7H,4,11H2,1H3,(H,12,13)/t7-/m0/s1. The van der Waals surface area contributed by atoms with Crippen LogP contribution in [0.15, 0.2) is 12.1 Å². The molecule has 1 atom stereocenters. The second-order valence-corrected chi connectivity index (χ2v) is 3.45. The number of nitrogens with two attached hydrogens (primary N) is 1. The fraction of sp³-hybridized carbons (Fsp3) is 0.300. The van der Waals surface area contributed by atoms with Crippen LogP contribution < -0.4 is 10.5 Å². The highest BCUT2D eigenvalue weighted by Gasteiger charge is 2.27. The molecule has 1 aliphatic rings. The topological polar surface area (TPSA) is 72.5 Å². The summed E-state index contributed by atoms with van der Waals surface area (Å²) in [6.07, 6.45) is 0. The average molecular weight is 193 g/mol. The van der Waals surface area contributed by atoms with Crippen LogP contribution in [0.5, 0.6) is 5.75 Å². The number of carboxylic acids is 1. The summed E-state index contributed by atoms with van der Waals surface area (Å²) in [6, 6.07) is 3.11. The Balaban J connectivity index is 2.65. The predicted molar refractivity (Wildman–Crippen MR) is 50.6 cm³/mol. The molecule has 0 aliphatic carbocycles. The largest absolute Gasteiger partial charge is 0.491 e. The van der Waals surface area contributed by atoms with Gasteiger partial charge in [-0.25, -0.2) is 4.79 Å². The Kier molecular flexibility index (Phi) is 1.93. The van der Waals surface area contributed by atoms with E-state index >= 15 is 0 Å². The van der Waals surface area contributed by atoms with Crippen molar-refractivity contribution in [2.45, 2.75) is 13.0 Å². The fourth-order valence-corrected chi connectivity index (χ4v) is 1.71. The van der Waals surface area contributed by atoms with Gasteiger partial charge in [0.25, 0.3) is 0 Å². The molecule has 0 aromatic heterocycles. The Morgan fingerprint density at radius 1 is 1.64 bits per heavy atom. The van der Waals surface area contributed by atoms with Crippen molar-refractivity contribution in [3.8, 4) is 5.75 Å². The van der Waals surface area contributed by atoms with Crippen LogP contribution in [0.1, 0.15) is 27.5 Å². The van der Waals surface area contributed by atoms with Crippen LogP contribution in [0.3, 0.4) is 0 Å². The summed E-state index contributed by atoms with van der Waals surface area (Å²) in [5.74, 6) is -0.346. The van der Waals surface area contributed by atoms with Crippen LogP contribution in [0.25, 0.3) is 0 Å². The molecule has 0 bridgehead atoms. The van der Waals surface area contributed by atoms with E-state index in [0.29, 0.717) is 17.9 Å². The molecule has 0 fully saturated rings. The van der Waals surface area contributed by atoms with Gasteiger partial charge in [-0.1, -0.05) is 0 Å². The number of hydrogen-bond acceptors (Lipinski definition) is 3. The van der Waals surface area contributed by atoms with Gasteiger partial charge in [0.05, 0.1) is 11.6 Å². The molecule has 0 unspecified atom stereocenters. The number of carboxylic acid groups (broad SMARTS) is 1. The molecule has 0 radical (unpaired) electrons.